The Morgan fingerprint density at radius 1 is 0.611 bits per heavy atom. The molecular formula is C32H27N3Ni. The van der Waals surface area contributed by atoms with Crippen molar-refractivity contribution in [1.29, 1.82) is 0 Å². The van der Waals surface area contributed by atoms with Gasteiger partial charge in [0.2, 0.25) is 0 Å². The standard InChI is InChI=1S/C20H19N2.C12H8N.Ni/c1-20(2,3)17-13-15(18-8-4-6-10-21-18)12-16(14-17)19-9-5-7-11-22-19;1-3-7-11-9(5-1)10-6-2-4-8-12(10)13-11;/h4-11,13-14H,1-3H3;1-8H;/q2*-1;+2. The fraction of sp³-hybridized carbons (Fsp3) is 0.125. The van der Waals surface area contributed by atoms with Crippen LogP contribution in [0.1, 0.15) is 26.3 Å². The van der Waals surface area contributed by atoms with Crippen LogP contribution < -0.4 is 4.98 Å². The van der Waals surface area contributed by atoms with Gasteiger partial charge < -0.3 is 4.98 Å². The first-order valence-corrected chi connectivity index (χ1v) is 11.8. The molecule has 3 aromatic heterocycles. The van der Waals surface area contributed by atoms with E-state index in [1.165, 1.54) is 16.3 Å². The van der Waals surface area contributed by atoms with Gasteiger partial charge in [-0.3, -0.25) is 9.97 Å². The number of hydrogen-bond donors (Lipinski definition) is 0. The van der Waals surface area contributed by atoms with Crippen molar-refractivity contribution in [1.82, 2.24) is 15.0 Å². The summed E-state index contributed by atoms with van der Waals surface area (Å²) in [4.78, 5) is 13.4. The number of aromatic nitrogens is 3. The Morgan fingerprint density at radius 2 is 1.06 bits per heavy atom. The summed E-state index contributed by atoms with van der Waals surface area (Å²) < 4.78 is 0. The Labute approximate surface area is 222 Å². The summed E-state index contributed by atoms with van der Waals surface area (Å²) in [5, 5.41) is 2.50. The SMILES string of the molecule is CC(C)(C)c1cc(-c2ccccn2)[c-]c(-c2ccccn2)c1.[Ni+2].c1ccc2c(c1)[n-]c1ccccc12. The third kappa shape index (κ3) is 5.56. The van der Waals surface area contributed by atoms with Gasteiger partial charge in [0, 0.05) is 23.8 Å². The van der Waals surface area contributed by atoms with Gasteiger partial charge in [-0.1, -0.05) is 105 Å². The molecule has 6 aromatic rings. The smallest absolute Gasteiger partial charge is 0.657 e. The molecule has 0 unspecified atom stereocenters. The molecule has 3 nitrogen and oxygen atoms in total. The van der Waals surface area contributed by atoms with Gasteiger partial charge in [0.1, 0.15) is 0 Å². The van der Waals surface area contributed by atoms with Crippen LogP contribution in [0, 0.1) is 6.07 Å². The van der Waals surface area contributed by atoms with Crippen LogP contribution in [-0.2, 0) is 21.9 Å². The zero-order valence-corrected chi connectivity index (χ0v) is 21.5. The van der Waals surface area contributed by atoms with Crippen LogP contribution in [0.3, 0.4) is 0 Å². The summed E-state index contributed by atoms with van der Waals surface area (Å²) in [7, 11) is 0. The van der Waals surface area contributed by atoms with Crippen LogP contribution in [0.2, 0.25) is 0 Å². The molecule has 36 heavy (non-hydrogen) atoms. The van der Waals surface area contributed by atoms with Crippen molar-refractivity contribution in [3.8, 4) is 22.5 Å². The normalized spacial score (nSPS) is 11.0. The number of rotatable bonds is 2. The molecule has 0 N–H and O–H groups in total. The van der Waals surface area contributed by atoms with Crippen molar-refractivity contribution in [3.63, 3.8) is 0 Å². The first kappa shape index (κ1) is 25.3. The molecule has 0 aliphatic heterocycles. The van der Waals surface area contributed by atoms with Crippen LogP contribution in [-0.4, -0.2) is 9.97 Å². The Hall–Kier alpha value is -3.75. The van der Waals surface area contributed by atoms with E-state index < -0.39 is 0 Å². The predicted molar refractivity (Wildman–Crippen MR) is 145 cm³/mol. The first-order chi connectivity index (χ1) is 17.0. The average Bonchev–Trinajstić information content (AvgIpc) is 3.28. The van der Waals surface area contributed by atoms with Crippen LogP contribution in [0.4, 0.5) is 0 Å². The monoisotopic (exact) mass is 511 g/mol. The van der Waals surface area contributed by atoms with E-state index in [0.29, 0.717) is 0 Å². The van der Waals surface area contributed by atoms with Crippen molar-refractivity contribution in [2.75, 3.05) is 0 Å². The average molecular weight is 512 g/mol. The summed E-state index contributed by atoms with van der Waals surface area (Å²) in [6.07, 6.45) is 3.63. The summed E-state index contributed by atoms with van der Waals surface area (Å²) in [5.74, 6) is 0. The molecule has 0 atom stereocenters. The van der Waals surface area contributed by atoms with Crippen molar-refractivity contribution in [2.45, 2.75) is 26.2 Å². The first-order valence-electron chi connectivity index (χ1n) is 11.8. The van der Waals surface area contributed by atoms with E-state index >= 15 is 0 Å². The number of hydrogen-bond acceptors (Lipinski definition) is 2. The topological polar surface area (TPSA) is 39.9 Å². The second-order valence-electron chi connectivity index (χ2n) is 9.52. The van der Waals surface area contributed by atoms with Gasteiger partial charge in [0.05, 0.1) is 0 Å². The molecule has 4 heteroatoms. The fourth-order valence-corrected chi connectivity index (χ4v) is 4.05. The van der Waals surface area contributed by atoms with Crippen molar-refractivity contribution in [3.05, 3.63) is 121 Å². The maximum absolute atomic E-state index is 4.52. The zero-order chi connectivity index (χ0) is 24.3. The maximum atomic E-state index is 4.52. The Kier molecular flexibility index (Phi) is 7.67. The van der Waals surface area contributed by atoms with Gasteiger partial charge in [-0.05, 0) is 28.3 Å². The van der Waals surface area contributed by atoms with E-state index in [1.807, 2.05) is 60.9 Å². The second-order valence-corrected chi connectivity index (χ2v) is 9.52. The van der Waals surface area contributed by atoms with Crippen LogP contribution in [0.25, 0.3) is 44.3 Å². The molecule has 0 fully saturated rings. The van der Waals surface area contributed by atoms with E-state index in [-0.39, 0.29) is 21.9 Å². The fourth-order valence-electron chi connectivity index (χ4n) is 4.05. The number of fused-ring (bicyclic) bond motifs is 3. The molecular weight excluding hydrogens is 485 g/mol. The summed E-state index contributed by atoms with van der Waals surface area (Å²) in [6.45, 7) is 6.65. The Balaban J connectivity index is 0.000000185. The van der Waals surface area contributed by atoms with Gasteiger partial charge in [-0.15, -0.1) is 34.8 Å². The quantitative estimate of drug-likeness (QED) is 0.175. The molecule has 0 saturated heterocycles. The Bertz CT molecular complexity index is 1460. The summed E-state index contributed by atoms with van der Waals surface area (Å²) in [6, 6.07) is 36.2. The minimum absolute atomic E-state index is 0. The van der Waals surface area contributed by atoms with Gasteiger partial charge in [-0.25, -0.2) is 0 Å². The number of nitrogens with zero attached hydrogens (tertiary/aromatic N) is 3. The predicted octanol–water partition coefficient (Wildman–Crippen LogP) is 7.86. The minimum Gasteiger partial charge on any atom is -0.657 e. The van der Waals surface area contributed by atoms with Crippen LogP contribution >= 0.6 is 0 Å². The summed E-state index contributed by atoms with van der Waals surface area (Å²) >= 11 is 0. The van der Waals surface area contributed by atoms with E-state index in [2.05, 4.69) is 90.3 Å². The Morgan fingerprint density at radius 3 is 1.47 bits per heavy atom. The van der Waals surface area contributed by atoms with E-state index in [9.17, 15) is 0 Å². The molecule has 0 aliphatic carbocycles. The molecule has 0 amide bonds. The number of benzene rings is 3. The van der Waals surface area contributed by atoms with Crippen molar-refractivity contribution >= 4 is 21.8 Å². The molecule has 0 bridgehead atoms. The van der Waals surface area contributed by atoms with Crippen LogP contribution in [0.15, 0.2) is 109 Å². The zero-order valence-electron chi connectivity index (χ0n) is 20.6. The van der Waals surface area contributed by atoms with Gasteiger partial charge in [0.15, 0.2) is 0 Å². The molecule has 3 aromatic carbocycles. The molecule has 0 saturated carbocycles. The maximum Gasteiger partial charge on any atom is 2.00 e. The third-order valence-corrected chi connectivity index (χ3v) is 5.96. The summed E-state index contributed by atoms with van der Waals surface area (Å²) in [5.41, 5.74) is 7.38. The minimum atomic E-state index is 0. The van der Waals surface area contributed by atoms with Gasteiger partial charge in [0.25, 0.3) is 0 Å². The van der Waals surface area contributed by atoms with E-state index in [4.69, 9.17) is 0 Å². The van der Waals surface area contributed by atoms with Gasteiger partial charge in [-0.2, -0.15) is 0 Å². The molecule has 0 aliphatic rings. The second kappa shape index (κ2) is 10.9. The van der Waals surface area contributed by atoms with E-state index in [0.717, 1.165) is 33.5 Å². The third-order valence-electron chi connectivity index (χ3n) is 5.96. The van der Waals surface area contributed by atoms with Crippen molar-refractivity contribution < 1.29 is 16.5 Å². The molecule has 180 valence electrons. The number of para-hydroxylation sites is 2. The largest absolute Gasteiger partial charge is 2.00 e. The number of pyridine rings is 2. The van der Waals surface area contributed by atoms with Gasteiger partial charge >= 0.3 is 16.5 Å². The van der Waals surface area contributed by atoms with E-state index in [1.54, 1.807) is 0 Å². The van der Waals surface area contributed by atoms with Crippen molar-refractivity contribution in [2.24, 2.45) is 0 Å². The molecule has 6 rings (SSSR count). The molecule has 0 spiro atoms. The molecule has 0 radical (unpaired) electrons. The van der Waals surface area contributed by atoms with Crippen LogP contribution in [0.5, 0.6) is 0 Å². The molecule has 3 heterocycles.